The molecule has 0 aromatic rings. The first-order valence-electron chi connectivity index (χ1n) is 6.91. The van der Waals surface area contributed by atoms with Gasteiger partial charge in [-0.1, -0.05) is 0 Å². The second kappa shape index (κ2) is 7.83. The van der Waals surface area contributed by atoms with Gasteiger partial charge in [0.05, 0.1) is 13.0 Å². The smallest absolute Gasteiger partial charge is 0.372 e. The van der Waals surface area contributed by atoms with Gasteiger partial charge in [0.1, 0.15) is 6.61 Å². The molecule has 1 saturated carbocycles. The highest BCUT2D eigenvalue weighted by atomic mass is 19.4. The molecular formula is C13H23F3N2O2. The third-order valence-electron chi connectivity index (χ3n) is 3.77. The summed E-state index contributed by atoms with van der Waals surface area (Å²) in [6.07, 6.45) is -0.444. The lowest BCUT2D eigenvalue weighted by Crippen LogP contribution is -2.42. The molecule has 0 heterocycles. The Bertz CT molecular complexity index is 302. The molecule has 7 heteroatoms. The van der Waals surface area contributed by atoms with Crippen molar-refractivity contribution in [2.75, 3.05) is 27.3 Å². The molecule has 1 amide bonds. The Kier molecular flexibility index (Phi) is 6.75. The Balaban J connectivity index is 2.22. The number of alkyl halides is 3. The lowest BCUT2D eigenvalue weighted by Gasteiger charge is -2.34. The van der Waals surface area contributed by atoms with E-state index in [0.717, 1.165) is 25.7 Å². The van der Waals surface area contributed by atoms with Crippen molar-refractivity contribution < 1.29 is 22.7 Å². The summed E-state index contributed by atoms with van der Waals surface area (Å²) in [5.74, 6) is -0.153. The van der Waals surface area contributed by atoms with Crippen LogP contribution in [0.3, 0.4) is 0 Å². The minimum Gasteiger partial charge on any atom is -0.372 e. The summed E-state index contributed by atoms with van der Waals surface area (Å²) in [6.45, 7) is -1.48. The third kappa shape index (κ3) is 6.09. The molecule has 0 aliphatic heterocycles. The van der Waals surface area contributed by atoms with Gasteiger partial charge in [-0.05, 0) is 32.7 Å². The minimum atomic E-state index is -4.33. The van der Waals surface area contributed by atoms with Crippen molar-refractivity contribution in [1.82, 2.24) is 10.2 Å². The number of hydrogen-bond donors (Lipinski definition) is 1. The number of nitrogens with one attached hydrogen (secondary N) is 1. The number of nitrogens with zero attached hydrogens (tertiary/aromatic N) is 1. The summed E-state index contributed by atoms with van der Waals surface area (Å²) in [4.78, 5) is 13.5. The molecule has 20 heavy (non-hydrogen) atoms. The lowest BCUT2D eigenvalue weighted by molar-refractivity contribution is -0.175. The maximum atomic E-state index is 11.9. The molecule has 1 fully saturated rings. The van der Waals surface area contributed by atoms with Gasteiger partial charge in [-0.2, -0.15) is 13.2 Å². The van der Waals surface area contributed by atoms with Crippen LogP contribution in [0.4, 0.5) is 13.2 Å². The van der Waals surface area contributed by atoms with Crippen molar-refractivity contribution in [3.8, 4) is 0 Å². The predicted molar refractivity (Wildman–Crippen MR) is 69.4 cm³/mol. The van der Waals surface area contributed by atoms with Gasteiger partial charge >= 0.3 is 6.18 Å². The fourth-order valence-electron chi connectivity index (χ4n) is 2.48. The van der Waals surface area contributed by atoms with Gasteiger partial charge in [0, 0.05) is 19.1 Å². The molecule has 0 atom stereocenters. The largest absolute Gasteiger partial charge is 0.411 e. The number of ether oxygens (including phenoxy) is 1. The summed E-state index contributed by atoms with van der Waals surface area (Å²) in [6, 6.07) is 0.694. The molecule has 0 saturated heterocycles. The van der Waals surface area contributed by atoms with Gasteiger partial charge < -0.3 is 15.0 Å². The summed E-state index contributed by atoms with van der Waals surface area (Å²) in [7, 11) is 3.65. The zero-order valence-electron chi connectivity index (χ0n) is 12.0. The molecule has 0 spiro atoms. The first-order valence-corrected chi connectivity index (χ1v) is 6.91. The van der Waals surface area contributed by atoms with Crippen molar-refractivity contribution in [3.05, 3.63) is 0 Å². The molecule has 118 valence electrons. The zero-order chi connectivity index (χ0) is 15.2. The van der Waals surface area contributed by atoms with E-state index in [2.05, 4.69) is 10.1 Å². The fraction of sp³-hybridized carbons (Fsp3) is 0.923. The molecule has 0 radical (unpaired) electrons. The van der Waals surface area contributed by atoms with Crippen LogP contribution in [0, 0.1) is 0 Å². The maximum absolute atomic E-state index is 11.9. The van der Waals surface area contributed by atoms with Crippen LogP contribution >= 0.6 is 0 Å². The molecule has 0 bridgehead atoms. The molecule has 1 aliphatic carbocycles. The molecular weight excluding hydrogens is 273 g/mol. The predicted octanol–water partition coefficient (Wildman–Crippen LogP) is 1.94. The quantitative estimate of drug-likeness (QED) is 0.762. The average molecular weight is 296 g/mol. The van der Waals surface area contributed by atoms with Crippen molar-refractivity contribution in [3.63, 3.8) is 0 Å². The third-order valence-corrected chi connectivity index (χ3v) is 3.77. The van der Waals surface area contributed by atoms with Crippen molar-refractivity contribution in [1.29, 1.82) is 0 Å². The number of rotatable bonds is 6. The first-order chi connectivity index (χ1) is 9.33. The molecule has 4 nitrogen and oxygen atoms in total. The average Bonchev–Trinajstić information content (AvgIpc) is 2.41. The van der Waals surface area contributed by atoms with Crippen LogP contribution in [0.15, 0.2) is 0 Å². The Hall–Kier alpha value is -0.820. The van der Waals surface area contributed by atoms with Crippen LogP contribution in [0.2, 0.25) is 0 Å². The first kappa shape index (κ1) is 17.2. The monoisotopic (exact) mass is 296 g/mol. The van der Waals surface area contributed by atoms with Gasteiger partial charge in [0.15, 0.2) is 0 Å². The van der Waals surface area contributed by atoms with Crippen LogP contribution in [0.25, 0.3) is 0 Å². The number of carbonyl (C=O) groups is 1. The highest BCUT2D eigenvalue weighted by molar-refractivity contribution is 5.76. The molecule has 0 aromatic heterocycles. The molecule has 0 aromatic carbocycles. The Morgan fingerprint density at radius 3 is 2.40 bits per heavy atom. The van der Waals surface area contributed by atoms with E-state index in [-0.39, 0.29) is 25.0 Å². The number of amides is 1. The Morgan fingerprint density at radius 1 is 1.30 bits per heavy atom. The Morgan fingerprint density at radius 2 is 1.90 bits per heavy atom. The van der Waals surface area contributed by atoms with Gasteiger partial charge in [0.25, 0.3) is 0 Å². The van der Waals surface area contributed by atoms with E-state index < -0.39 is 12.8 Å². The molecule has 1 aliphatic rings. The van der Waals surface area contributed by atoms with E-state index in [1.54, 1.807) is 11.9 Å². The van der Waals surface area contributed by atoms with Crippen LogP contribution in [-0.4, -0.2) is 56.4 Å². The van der Waals surface area contributed by atoms with E-state index >= 15 is 0 Å². The molecule has 0 unspecified atom stereocenters. The van der Waals surface area contributed by atoms with Crippen LogP contribution in [0.5, 0.6) is 0 Å². The summed E-state index contributed by atoms with van der Waals surface area (Å²) >= 11 is 0. The highest BCUT2D eigenvalue weighted by Crippen LogP contribution is 2.22. The summed E-state index contributed by atoms with van der Waals surface area (Å²) < 4.78 is 40.1. The molecule has 1 N–H and O–H groups in total. The van der Waals surface area contributed by atoms with E-state index in [0.29, 0.717) is 6.04 Å². The van der Waals surface area contributed by atoms with Gasteiger partial charge in [0.2, 0.25) is 5.91 Å². The summed E-state index contributed by atoms with van der Waals surface area (Å²) in [5.41, 5.74) is 0. The second-order valence-corrected chi connectivity index (χ2v) is 5.22. The maximum Gasteiger partial charge on any atom is 0.411 e. The van der Waals surface area contributed by atoms with Crippen molar-refractivity contribution >= 4 is 5.91 Å². The number of halogens is 3. The zero-order valence-corrected chi connectivity index (χ0v) is 12.0. The van der Waals surface area contributed by atoms with E-state index in [1.807, 2.05) is 7.05 Å². The Labute approximate surface area is 117 Å². The van der Waals surface area contributed by atoms with Gasteiger partial charge in [-0.3, -0.25) is 4.79 Å². The lowest BCUT2D eigenvalue weighted by atomic mass is 9.90. The number of carbonyl (C=O) groups excluding carboxylic acids is 1. The van der Waals surface area contributed by atoms with Crippen LogP contribution < -0.4 is 5.32 Å². The van der Waals surface area contributed by atoms with E-state index in [9.17, 15) is 18.0 Å². The van der Waals surface area contributed by atoms with Crippen molar-refractivity contribution in [2.45, 2.75) is 50.4 Å². The minimum absolute atomic E-state index is 0.00145. The van der Waals surface area contributed by atoms with Crippen LogP contribution in [0.1, 0.15) is 32.1 Å². The highest BCUT2D eigenvalue weighted by Gasteiger charge is 2.28. The van der Waals surface area contributed by atoms with Crippen molar-refractivity contribution in [2.24, 2.45) is 0 Å². The van der Waals surface area contributed by atoms with Crippen LogP contribution in [-0.2, 0) is 9.53 Å². The standard InChI is InChI=1S/C13H23F3N2O2/c1-17-10-3-5-11(6-4-10)18(2)12(19)7-8-20-9-13(14,15)16/h10-11,17H,3-9H2,1-2H3. The second-order valence-electron chi connectivity index (χ2n) is 5.22. The van der Waals surface area contributed by atoms with E-state index in [4.69, 9.17) is 0 Å². The van der Waals surface area contributed by atoms with Gasteiger partial charge in [-0.15, -0.1) is 0 Å². The topological polar surface area (TPSA) is 41.6 Å². The van der Waals surface area contributed by atoms with E-state index in [1.165, 1.54) is 0 Å². The van der Waals surface area contributed by atoms with Gasteiger partial charge in [-0.25, -0.2) is 0 Å². The molecule has 1 rings (SSSR count). The summed E-state index contributed by atoms with van der Waals surface area (Å²) in [5, 5.41) is 3.22. The fourth-order valence-corrected chi connectivity index (χ4v) is 2.48. The SMILES string of the molecule is CNC1CCC(N(C)C(=O)CCOCC(F)(F)F)CC1. The number of hydrogen-bond acceptors (Lipinski definition) is 3. The normalized spacial score (nSPS) is 23.6.